The predicted octanol–water partition coefficient (Wildman–Crippen LogP) is 2.45. The van der Waals surface area contributed by atoms with E-state index >= 15 is 0 Å². The first-order valence-electron chi connectivity index (χ1n) is 7.78. The summed E-state index contributed by atoms with van der Waals surface area (Å²) in [6.07, 6.45) is 3.48. The zero-order chi connectivity index (χ0) is 16.2. The molecule has 0 saturated carbocycles. The van der Waals surface area contributed by atoms with Gasteiger partial charge in [0.05, 0.1) is 0 Å². The average Bonchev–Trinajstić information content (AvgIpc) is 2.58. The van der Waals surface area contributed by atoms with Gasteiger partial charge in [0.2, 0.25) is 5.95 Å². The van der Waals surface area contributed by atoms with Gasteiger partial charge in [-0.2, -0.15) is 0 Å². The van der Waals surface area contributed by atoms with Crippen LogP contribution in [0.4, 0.5) is 16.4 Å². The van der Waals surface area contributed by atoms with Gasteiger partial charge in [0.15, 0.2) is 0 Å². The maximum atomic E-state index is 12.4. The normalized spacial score (nSPS) is 14.7. The Morgan fingerprint density at radius 3 is 2.43 bits per heavy atom. The molecule has 0 bridgehead atoms. The van der Waals surface area contributed by atoms with Crippen molar-refractivity contribution >= 4 is 17.7 Å². The lowest BCUT2D eigenvalue weighted by atomic mass is 10.1. The number of anilines is 2. The minimum Gasteiger partial charge on any atom is -0.337 e. The number of amides is 2. The van der Waals surface area contributed by atoms with E-state index in [9.17, 15) is 4.79 Å². The maximum absolute atomic E-state index is 12.4. The van der Waals surface area contributed by atoms with Crippen molar-refractivity contribution in [3.63, 3.8) is 0 Å². The van der Waals surface area contributed by atoms with Crippen molar-refractivity contribution in [2.45, 2.75) is 13.8 Å². The fourth-order valence-corrected chi connectivity index (χ4v) is 2.71. The number of hydrogen-bond donors (Lipinski definition) is 1. The van der Waals surface area contributed by atoms with Crippen molar-refractivity contribution in [2.24, 2.45) is 0 Å². The van der Waals surface area contributed by atoms with E-state index in [1.807, 2.05) is 30.9 Å². The van der Waals surface area contributed by atoms with Gasteiger partial charge in [-0.25, -0.2) is 14.8 Å². The molecule has 1 aromatic heterocycles. The third-order valence-electron chi connectivity index (χ3n) is 4.03. The second kappa shape index (κ2) is 6.64. The van der Waals surface area contributed by atoms with Crippen molar-refractivity contribution in [3.05, 3.63) is 47.8 Å². The van der Waals surface area contributed by atoms with E-state index in [4.69, 9.17) is 0 Å². The lowest BCUT2D eigenvalue weighted by molar-refractivity contribution is 0.208. The molecular formula is C17H21N5O. The van der Waals surface area contributed by atoms with Gasteiger partial charge >= 0.3 is 6.03 Å². The summed E-state index contributed by atoms with van der Waals surface area (Å²) in [6.45, 7) is 6.86. The van der Waals surface area contributed by atoms with E-state index in [1.54, 1.807) is 18.5 Å². The van der Waals surface area contributed by atoms with Crippen molar-refractivity contribution in [1.29, 1.82) is 0 Å². The second-order valence-electron chi connectivity index (χ2n) is 5.77. The van der Waals surface area contributed by atoms with Crippen LogP contribution in [0.3, 0.4) is 0 Å². The van der Waals surface area contributed by atoms with Crippen molar-refractivity contribution in [3.8, 4) is 0 Å². The molecule has 0 aliphatic carbocycles. The van der Waals surface area contributed by atoms with E-state index in [1.165, 1.54) is 5.56 Å². The molecule has 0 atom stereocenters. The smallest absolute Gasteiger partial charge is 0.321 e. The molecule has 2 amide bonds. The molecule has 1 N–H and O–H groups in total. The Hall–Kier alpha value is -2.63. The molecule has 2 heterocycles. The van der Waals surface area contributed by atoms with Gasteiger partial charge in [-0.1, -0.05) is 17.7 Å². The van der Waals surface area contributed by atoms with Gasteiger partial charge in [0.25, 0.3) is 0 Å². The van der Waals surface area contributed by atoms with E-state index in [0.29, 0.717) is 13.1 Å². The fraction of sp³-hybridized carbons (Fsp3) is 0.353. The van der Waals surface area contributed by atoms with E-state index < -0.39 is 0 Å². The first kappa shape index (κ1) is 15.3. The molecule has 6 nitrogen and oxygen atoms in total. The summed E-state index contributed by atoms with van der Waals surface area (Å²) in [5.74, 6) is 0.724. The van der Waals surface area contributed by atoms with Crippen LogP contribution in [-0.4, -0.2) is 47.1 Å². The van der Waals surface area contributed by atoms with Crippen molar-refractivity contribution in [1.82, 2.24) is 14.9 Å². The molecule has 3 rings (SSSR count). The predicted molar refractivity (Wildman–Crippen MR) is 90.8 cm³/mol. The molecule has 23 heavy (non-hydrogen) atoms. The standard InChI is InChI=1S/C17H21N5O/c1-13-4-5-15(14(2)12-13)20-17(23)22-10-8-21(9-11-22)16-18-6-3-7-19-16/h3-7,12H,8-11H2,1-2H3,(H,20,23). The van der Waals surface area contributed by atoms with Gasteiger partial charge in [0, 0.05) is 44.3 Å². The molecule has 0 spiro atoms. The van der Waals surface area contributed by atoms with Crippen LogP contribution in [0.25, 0.3) is 0 Å². The second-order valence-corrected chi connectivity index (χ2v) is 5.77. The summed E-state index contributed by atoms with van der Waals surface area (Å²) in [4.78, 5) is 24.9. The number of aryl methyl sites for hydroxylation is 2. The van der Waals surface area contributed by atoms with Gasteiger partial charge in [0.1, 0.15) is 0 Å². The van der Waals surface area contributed by atoms with Crippen LogP contribution in [0.15, 0.2) is 36.7 Å². The monoisotopic (exact) mass is 311 g/mol. The summed E-state index contributed by atoms with van der Waals surface area (Å²) < 4.78 is 0. The molecule has 1 aromatic carbocycles. The zero-order valence-electron chi connectivity index (χ0n) is 13.5. The van der Waals surface area contributed by atoms with Gasteiger partial charge < -0.3 is 15.1 Å². The summed E-state index contributed by atoms with van der Waals surface area (Å²) >= 11 is 0. The Morgan fingerprint density at radius 2 is 1.78 bits per heavy atom. The Morgan fingerprint density at radius 1 is 1.09 bits per heavy atom. The van der Waals surface area contributed by atoms with Crippen LogP contribution in [0.1, 0.15) is 11.1 Å². The molecule has 120 valence electrons. The highest BCUT2D eigenvalue weighted by Gasteiger charge is 2.22. The zero-order valence-corrected chi connectivity index (χ0v) is 13.5. The van der Waals surface area contributed by atoms with Crippen LogP contribution in [0, 0.1) is 13.8 Å². The van der Waals surface area contributed by atoms with Crippen LogP contribution in [0.5, 0.6) is 0 Å². The first-order chi connectivity index (χ1) is 11.1. The minimum absolute atomic E-state index is 0.0504. The summed E-state index contributed by atoms with van der Waals surface area (Å²) in [5.41, 5.74) is 3.14. The number of urea groups is 1. The van der Waals surface area contributed by atoms with E-state index in [0.717, 1.165) is 30.3 Å². The molecule has 1 aliphatic heterocycles. The highest BCUT2D eigenvalue weighted by atomic mass is 16.2. The summed E-state index contributed by atoms with van der Waals surface area (Å²) in [6, 6.07) is 7.78. The van der Waals surface area contributed by atoms with E-state index in [-0.39, 0.29) is 6.03 Å². The number of aromatic nitrogens is 2. The van der Waals surface area contributed by atoms with Crippen LogP contribution in [-0.2, 0) is 0 Å². The molecule has 0 unspecified atom stereocenters. The summed E-state index contributed by atoms with van der Waals surface area (Å²) in [7, 11) is 0. The van der Waals surface area contributed by atoms with Crippen molar-refractivity contribution < 1.29 is 4.79 Å². The number of piperazine rings is 1. The van der Waals surface area contributed by atoms with Gasteiger partial charge in [-0.3, -0.25) is 0 Å². The number of benzene rings is 1. The lowest BCUT2D eigenvalue weighted by Crippen LogP contribution is -2.50. The third-order valence-corrected chi connectivity index (χ3v) is 4.03. The minimum atomic E-state index is -0.0504. The number of hydrogen-bond acceptors (Lipinski definition) is 4. The SMILES string of the molecule is Cc1ccc(NC(=O)N2CCN(c3ncccn3)CC2)c(C)c1. The Kier molecular flexibility index (Phi) is 4.41. The van der Waals surface area contributed by atoms with Crippen molar-refractivity contribution in [2.75, 3.05) is 36.4 Å². The maximum Gasteiger partial charge on any atom is 0.321 e. The Balaban J connectivity index is 1.58. The highest BCUT2D eigenvalue weighted by molar-refractivity contribution is 5.90. The Bertz CT molecular complexity index is 681. The third kappa shape index (κ3) is 3.59. The van der Waals surface area contributed by atoms with E-state index in [2.05, 4.69) is 26.3 Å². The average molecular weight is 311 g/mol. The first-order valence-corrected chi connectivity index (χ1v) is 7.78. The number of carbonyl (C=O) groups is 1. The molecule has 2 aromatic rings. The molecular weight excluding hydrogens is 290 g/mol. The number of rotatable bonds is 2. The largest absolute Gasteiger partial charge is 0.337 e. The number of nitrogens with one attached hydrogen (secondary N) is 1. The van der Waals surface area contributed by atoms with Crippen LogP contribution >= 0.6 is 0 Å². The van der Waals surface area contributed by atoms with Gasteiger partial charge in [-0.15, -0.1) is 0 Å². The van der Waals surface area contributed by atoms with Gasteiger partial charge in [-0.05, 0) is 31.5 Å². The summed E-state index contributed by atoms with van der Waals surface area (Å²) in [5, 5.41) is 3.00. The topological polar surface area (TPSA) is 61.4 Å². The number of nitrogens with zero attached hydrogens (tertiary/aromatic N) is 4. The molecule has 0 radical (unpaired) electrons. The molecule has 6 heteroatoms. The molecule has 1 fully saturated rings. The Labute approximate surface area is 136 Å². The lowest BCUT2D eigenvalue weighted by Gasteiger charge is -2.34. The van der Waals surface area contributed by atoms with Crippen LogP contribution < -0.4 is 10.2 Å². The molecule has 1 aliphatic rings. The molecule has 1 saturated heterocycles. The van der Waals surface area contributed by atoms with Crippen LogP contribution in [0.2, 0.25) is 0 Å². The number of carbonyl (C=O) groups excluding carboxylic acids is 1. The quantitative estimate of drug-likeness (QED) is 0.925. The fourth-order valence-electron chi connectivity index (χ4n) is 2.71. The highest BCUT2D eigenvalue weighted by Crippen LogP contribution is 2.17.